The topological polar surface area (TPSA) is 66.4 Å². The zero-order chi connectivity index (χ0) is 12.7. The van der Waals surface area contributed by atoms with E-state index in [0.717, 1.165) is 19.3 Å². The fourth-order valence-electron chi connectivity index (χ4n) is 2.45. The molecule has 98 valence electrons. The Morgan fingerprint density at radius 3 is 2.47 bits per heavy atom. The minimum absolute atomic E-state index is 0.0993. The van der Waals surface area contributed by atoms with E-state index in [9.17, 15) is 9.59 Å². The molecule has 0 saturated heterocycles. The summed E-state index contributed by atoms with van der Waals surface area (Å²) < 4.78 is 0. The van der Waals surface area contributed by atoms with E-state index in [2.05, 4.69) is 5.32 Å². The van der Waals surface area contributed by atoms with Crippen LogP contribution in [0.1, 0.15) is 58.3 Å². The third-order valence-electron chi connectivity index (χ3n) is 3.41. The Bertz CT molecular complexity index is 259. The van der Waals surface area contributed by atoms with Gasteiger partial charge in [0.2, 0.25) is 5.91 Å². The lowest BCUT2D eigenvalue weighted by molar-refractivity contribution is -0.142. The van der Waals surface area contributed by atoms with E-state index in [0.29, 0.717) is 18.8 Å². The number of aliphatic carboxylic acids is 1. The highest BCUT2D eigenvalue weighted by Crippen LogP contribution is 2.26. The summed E-state index contributed by atoms with van der Waals surface area (Å²) in [5.41, 5.74) is 0. The molecule has 1 fully saturated rings. The third-order valence-corrected chi connectivity index (χ3v) is 3.41. The zero-order valence-corrected chi connectivity index (χ0v) is 10.6. The molecule has 1 aliphatic carbocycles. The minimum atomic E-state index is -0.927. The largest absolute Gasteiger partial charge is 0.480 e. The summed E-state index contributed by atoms with van der Waals surface area (Å²) in [6.07, 6.45) is 7.66. The number of carbonyl (C=O) groups excluding carboxylic acids is 1. The molecule has 1 atom stereocenters. The van der Waals surface area contributed by atoms with Gasteiger partial charge in [-0.3, -0.25) is 4.79 Å². The SMILES string of the molecule is CCC[C@H](NC(=O)CC1CCCCC1)C(=O)O. The summed E-state index contributed by atoms with van der Waals surface area (Å²) in [4.78, 5) is 22.6. The Kier molecular flexibility index (Phi) is 6.01. The molecule has 0 bridgehead atoms. The van der Waals surface area contributed by atoms with Gasteiger partial charge in [0.15, 0.2) is 0 Å². The lowest BCUT2D eigenvalue weighted by Gasteiger charge is -2.22. The van der Waals surface area contributed by atoms with Gasteiger partial charge >= 0.3 is 5.97 Å². The fraction of sp³-hybridized carbons (Fsp3) is 0.846. The second kappa shape index (κ2) is 7.30. The molecule has 0 heterocycles. The molecule has 0 radical (unpaired) electrons. The molecule has 0 aromatic rings. The quantitative estimate of drug-likeness (QED) is 0.750. The van der Waals surface area contributed by atoms with Crippen LogP contribution in [0, 0.1) is 5.92 Å². The Morgan fingerprint density at radius 1 is 1.29 bits per heavy atom. The molecule has 0 unspecified atom stereocenters. The van der Waals surface area contributed by atoms with E-state index in [1.165, 1.54) is 19.3 Å². The summed E-state index contributed by atoms with van der Waals surface area (Å²) in [6, 6.07) is -0.712. The second-order valence-corrected chi connectivity index (χ2v) is 4.96. The number of nitrogens with one attached hydrogen (secondary N) is 1. The first-order valence-electron chi connectivity index (χ1n) is 6.65. The van der Waals surface area contributed by atoms with Crippen molar-refractivity contribution >= 4 is 11.9 Å². The van der Waals surface area contributed by atoms with Crippen LogP contribution >= 0.6 is 0 Å². The summed E-state index contributed by atoms with van der Waals surface area (Å²) >= 11 is 0. The van der Waals surface area contributed by atoms with Gasteiger partial charge in [-0.15, -0.1) is 0 Å². The van der Waals surface area contributed by atoms with E-state index in [1.807, 2.05) is 6.92 Å². The Labute approximate surface area is 103 Å². The molecule has 0 aliphatic heterocycles. The zero-order valence-electron chi connectivity index (χ0n) is 10.6. The number of amides is 1. The highest BCUT2D eigenvalue weighted by atomic mass is 16.4. The highest BCUT2D eigenvalue weighted by Gasteiger charge is 2.22. The van der Waals surface area contributed by atoms with Gasteiger partial charge in [0.1, 0.15) is 6.04 Å². The lowest BCUT2D eigenvalue weighted by Crippen LogP contribution is -2.41. The van der Waals surface area contributed by atoms with Crippen molar-refractivity contribution in [2.45, 2.75) is 64.3 Å². The molecule has 4 nitrogen and oxygen atoms in total. The highest BCUT2D eigenvalue weighted by molar-refractivity contribution is 5.83. The summed E-state index contributed by atoms with van der Waals surface area (Å²) in [5, 5.41) is 11.6. The maximum atomic E-state index is 11.7. The van der Waals surface area contributed by atoms with E-state index < -0.39 is 12.0 Å². The van der Waals surface area contributed by atoms with Gasteiger partial charge in [0.05, 0.1) is 0 Å². The van der Waals surface area contributed by atoms with Crippen LogP contribution in [0.25, 0.3) is 0 Å². The number of hydrogen-bond acceptors (Lipinski definition) is 2. The van der Waals surface area contributed by atoms with Crippen molar-refractivity contribution in [1.29, 1.82) is 0 Å². The fourth-order valence-corrected chi connectivity index (χ4v) is 2.45. The second-order valence-electron chi connectivity index (χ2n) is 4.96. The van der Waals surface area contributed by atoms with E-state index in [1.54, 1.807) is 0 Å². The van der Waals surface area contributed by atoms with Crippen molar-refractivity contribution in [3.8, 4) is 0 Å². The molecule has 2 N–H and O–H groups in total. The number of hydrogen-bond donors (Lipinski definition) is 2. The predicted octanol–water partition coefficient (Wildman–Crippen LogP) is 2.33. The van der Waals surface area contributed by atoms with Gasteiger partial charge in [-0.05, 0) is 25.2 Å². The third kappa shape index (κ3) is 5.20. The van der Waals surface area contributed by atoms with Crippen LogP contribution in [0.3, 0.4) is 0 Å². The number of carboxylic acids is 1. The van der Waals surface area contributed by atoms with Crippen molar-refractivity contribution in [3.05, 3.63) is 0 Å². The molecule has 0 aromatic heterocycles. The van der Waals surface area contributed by atoms with E-state index >= 15 is 0 Å². The van der Waals surface area contributed by atoms with Gasteiger partial charge in [0, 0.05) is 6.42 Å². The van der Waals surface area contributed by atoms with Gasteiger partial charge in [-0.1, -0.05) is 32.6 Å². The molecule has 1 amide bonds. The maximum absolute atomic E-state index is 11.7. The smallest absolute Gasteiger partial charge is 0.326 e. The first-order chi connectivity index (χ1) is 8.13. The molecule has 17 heavy (non-hydrogen) atoms. The van der Waals surface area contributed by atoms with Crippen LogP contribution in [0.4, 0.5) is 0 Å². The van der Waals surface area contributed by atoms with Gasteiger partial charge < -0.3 is 10.4 Å². The summed E-state index contributed by atoms with van der Waals surface area (Å²) in [6.45, 7) is 1.92. The minimum Gasteiger partial charge on any atom is -0.480 e. The van der Waals surface area contributed by atoms with Crippen LogP contribution in [-0.2, 0) is 9.59 Å². The van der Waals surface area contributed by atoms with Crippen molar-refractivity contribution < 1.29 is 14.7 Å². The monoisotopic (exact) mass is 241 g/mol. The predicted molar refractivity (Wildman–Crippen MR) is 65.7 cm³/mol. The van der Waals surface area contributed by atoms with Crippen molar-refractivity contribution in [3.63, 3.8) is 0 Å². The summed E-state index contributed by atoms with van der Waals surface area (Å²) in [7, 11) is 0. The first-order valence-corrected chi connectivity index (χ1v) is 6.65. The van der Waals surface area contributed by atoms with E-state index in [-0.39, 0.29) is 5.91 Å². The average molecular weight is 241 g/mol. The van der Waals surface area contributed by atoms with E-state index in [4.69, 9.17) is 5.11 Å². The van der Waals surface area contributed by atoms with Crippen LogP contribution in [0.5, 0.6) is 0 Å². The van der Waals surface area contributed by atoms with Crippen LogP contribution in [0.2, 0.25) is 0 Å². The number of carboxylic acid groups (broad SMARTS) is 1. The number of carbonyl (C=O) groups is 2. The Morgan fingerprint density at radius 2 is 1.94 bits per heavy atom. The average Bonchev–Trinajstić information content (AvgIpc) is 2.29. The molecule has 0 spiro atoms. The molecule has 4 heteroatoms. The Balaban J connectivity index is 2.33. The maximum Gasteiger partial charge on any atom is 0.326 e. The molecule has 1 aliphatic rings. The van der Waals surface area contributed by atoms with Gasteiger partial charge in [-0.2, -0.15) is 0 Å². The normalized spacial score (nSPS) is 18.6. The molecular weight excluding hydrogens is 218 g/mol. The van der Waals surface area contributed by atoms with Crippen molar-refractivity contribution in [2.75, 3.05) is 0 Å². The molecule has 0 aromatic carbocycles. The Hall–Kier alpha value is -1.06. The lowest BCUT2D eigenvalue weighted by atomic mass is 9.87. The van der Waals surface area contributed by atoms with Crippen LogP contribution < -0.4 is 5.32 Å². The molecular formula is C13H23NO3. The van der Waals surface area contributed by atoms with Gasteiger partial charge in [-0.25, -0.2) is 4.79 Å². The van der Waals surface area contributed by atoms with Crippen molar-refractivity contribution in [2.24, 2.45) is 5.92 Å². The van der Waals surface area contributed by atoms with Gasteiger partial charge in [0.25, 0.3) is 0 Å². The molecule has 1 saturated carbocycles. The molecule has 1 rings (SSSR count). The standard InChI is InChI=1S/C13H23NO3/c1-2-6-11(13(16)17)14-12(15)9-10-7-4-3-5-8-10/h10-11H,2-9H2,1H3,(H,14,15)(H,16,17)/t11-/m0/s1. The first kappa shape index (κ1) is 14.0. The number of rotatable bonds is 6. The summed E-state index contributed by atoms with van der Waals surface area (Å²) in [5.74, 6) is -0.568. The van der Waals surface area contributed by atoms with Crippen LogP contribution in [0.15, 0.2) is 0 Å². The van der Waals surface area contributed by atoms with Crippen molar-refractivity contribution in [1.82, 2.24) is 5.32 Å². The van der Waals surface area contributed by atoms with Crippen LogP contribution in [-0.4, -0.2) is 23.0 Å².